The molecule has 1 aromatic carbocycles. The van der Waals surface area contributed by atoms with Crippen molar-refractivity contribution in [3.05, 3.63) is 52.2 Å². The molecule has 1 aromatic heterocycles. The number of hydrogen-bond donors (Lipinski definition) is 2. The lowest BCUT2D eigenvalue weighted by atomic mass is 9.98. The summed E-state index contributed by atoms with van der Waals surface area (Å²) in [5.41, 5.74) is 5.44. The van der Waals surface area contributed by atoms with E-state index in [-0.39, 0.29) is 6.61 Å². The molecule has 1 unspecified atom stereocenters. The molecule has 0 aliphatic rings. The molecule has 0 spiro atoms. The monoisotopic (exact) mass is 329 g/mol. The van der Waals surface area contributed by atoms with Gasteiger partial charge in [0.2, 0.25) is 0 Å². The summed E-state index contributed by atoms with van der Waals surface area (Å²) < 4.78 is 5.60. The summed E-state index contributed by atoms with van der Waals surface area (Å²) in [6, 6.07) is 13.9. The van der Waals surface area contributed by atoms with Crippen LogP contribution in [-0.2, 0) is 6.42 Å². The van der Waals surface area contributed by atoms with E-state index in [4.69, 9.17) is 10.5 Å². The van der Waals surface area contributed by atoms with E-state index in [1.54, 1.807) is 11.3 Å². The van der Waals surface area contributed by atoms with E-state index in [1.165, 1.54) is 4.88 Å². The van der Waals surface area contributed by atoms with Crippen LogP contribution in [0.1, 0.15) is 29.5 Å². The minimum atomic E-state index is -0.509. The number of benzene rings is 1. The van der Waals surface area contributed by atoms with Gasteiger partial charge in [-0.2, -0.15) is 0 Å². The summed E-state index contributed by atoms with van der Waals surface area (Å²) in [7, 11) is 0. The van der Waals surface area contributed by atoms with E-state index in [1.807, 2.05) is 43.3 Å². The fourth-order valence-corrected chi connectivity index (χ4v) is 2.84. The van der Waals surface area contributed by atoms with E-state index in [2.05, 4.69) is 17.9 Å². The molecule has 122 valence electrons. The third-order valence-electron chi connectivity index (χ3n) is 3.42. The molecule has 0 saturated heterocycles. The van der Waals surface area contributed by atoms with E-state index < -0.39 is 5.54 Å². The van der Waals surface area contributed by atoms with Crippen molar-refractivity contribution in [3.8, 4) is 17.6 Å². The number of aliphatic hydroxyl groups excluding tert-OH is 1. The van der Waals surface area contributed by atoms with Gasteiger partial charge in [0.25, 0.3) is 0 Å². The van der Waals surface area contributed by atoms with Crippen LogP contribution >= 0.6 is 11.3 Å². The Bertz CT molecular complexity index is 653. The quantitative estimate of drug-likeness (QED) is 0.606. The molecule has 2 aromatic rings. The van der Waals surface area contributed by atoms with Gasteiger partial charge in [0, 0.05) is 16.8 Å². The number of ether oxygens (including phenoxy) is 1. The van der Waals surface area contributed by atoms with Gasteiger partial charge in [-0.3, -0.25) is 0 Å². The van der Waals surface area contributed by atoms with Gasteiger partial charge in [-0.15, -0.1) is 11.3 Å². The largest absolute Gasteiger partial charge is 0.493 e. The molecule has 1 atom stereocenters. The van der Waals surface area contributed by atoms with Gasteiger partial charge in [0.1, 0.15) is 5.75 Å². The van der Waals surface area contributed by atoms with Crippen LogP contribution in [0.25, 0.3) is 0 Å². The lowest BCUT2D eigenvalue weighted by Gasteiger charge is -2.20. The first-order valence-corrected chi connectivity index (χ1v) is 8.56. The zero-order valence-electron chi connectivity index (χ0n) is 13.4. The summed E-state index contributed by atoms with van der Waals surface area (Å²) in [5, 5.41) is 9.17. The molecule has 2 rings (SSSR count). The number of thiophene rings is 1. The predicted octanol–water partition coefficient (Wildman–Crippen LogP) is 3.21. The van der Waals surface area contributed by atoms with Crippen molar-refractivity contribution in [3.63, 3.8) is 0 Å². The highest BCUT2D eigenvalue weighted by Crippen LogP contribution is 2.19. The molecule has 0 bridgehead atoms. The van der Waals surface area contributed by atoms with Crippen molar-refractivity contribution in [2.75, 3.05) is 13.2 Å². The number of para-hydroxylation sites is 1. The van der Waals surface area contributed by atoms with Crippen LogP contribution < -0.4 is 10.5 Å². The molecule has 0 aliphatic heterocycles. The maximum Gasteiger partial charge on any atom is 0.119 e. The first kappa shape index (κ1) is 17.6. The van der Waals surface area contributed by atoms with Crippen LogP contribution in [0.15, 0.2) is 42.5 Å². The molecule has 23 heavy (non-hydrogen) atoms. The molecule has 0 radical (unpaired) electrons. The second kappa shape index (κ2) is 8.73. The molecular weight excluding hydrogens is 306 g/mol. The fraction of sp³-hybridized carbons (Fsp3) is 0.368. The van der Waals surface area contributed by atoms with Gasteiger partial charge in [-0.1, -0.05) is 30.0 Å². The summed E-state index contributed by atoms with van der Waals surface area (Å²) in [4.78, 5) is 2.31. The minimum absolute atomic E-state index is 0.00640. The van der Waals surface area contributed by atoms with E-state index >= 15 is 0 Å². The molecule has 3 N–H and O–H groups in total. The van der Waals surface area contributed by atoms with Crippen molar-refractivity contribution < 1.29 is 9.84 Å². The maximum atomic E-state index is 9.17. The van der Waals surface area contributed by atoms with Crippen molar-refractivity contribution >= 4 is 11.3 Å². The molecular formula is C19H23NO2S. The molecule has 0 fully saturated rings. The SMILES string of the molecule is CC(N)(CO)CCc1ccc(C#CCCOc2ccccc2)s1. The van der Waals surface area contributed by atoms with Crippen LogP contribution in [0.5, 0.6) is 5.75 Å². The van der Waals surface area contributed by atoms with Gasteiger partial charge in [0.05, 0.1) is 18.1 Å². The Kier molecular flexibility index (Phi) is 6.66. The third-order valence-corrected chi connectivity index (χ3v) is 4.48. The van der Waals surface area contributed by atoms with Gasteiger partial charge in [0.15, 0.2) is 0 Å². The third kappa shape index (κ3) is 6.45. The number of aryl methyl sites for hydroxylation is 1. The smallest absolute Gasteiger partial charge is 0.119 e. The Labute approximate surface area is 142 Å². The summed E-state index contributed by atoms with van der Waals surface area (Å²) in [6.07, 6.45) is 2.34. The molecule has 1 heterocycles. The Balaban J connectivity index is 1.74. The normalized spacial score (nSPS) is 13.0. The summed E-state index contributed by atoms with van der Waals surface area (Å²) in [6.45, 7) is 2.47. The molecule has 4 heteroatoms. The number of nitrogens with two attached hydrogens (primary N) is 1. The van der Waals surface area contributed by atoms with Crippen molar-refractivity contribution in [1.82, 2.24) is 0 Å². The standard InChI is InChI=1S/C19H23NO2S/c1-19(20,15-21)13-12-18-11-10-17(23-18)9-5-6-14-22-16-7-3-2-4-8-16/h2-4,7-8,10-11,21H,6,12-15,20H2,1H3. The van der Waals surface area contributed by atoms with Crippen molar-refractivity contribution in [1.29, 1.82) is 0 Å². The Morgan fingerprint density at radius 3 is 2.74 bits per heavy atom. The van der Waals surface area contributed by atoms with E-state index in [9.17, 15) is 5.11 Å². The predicted molar refractivity (Wildman–Crippen MR) is 95.8 cm³/mol. The van der Waals surface area contributed by atoms with Crippen molar-refractivity contribution in [2.24, 2.45) is 5.73 Å². The molecule has 0 saturated carbocycles. The Morgan fingerprint density at radius 1 is 1.22 bits per heavy atom. The highest BCUT2D eigenvalue weighted by Gasteiger charge is 2.16. The lowest BCUT2D eigenvalue weighted by molar-refractivity contribution is 0.201. The zero-order valence-corrected chi connectivity index (χ0v) is 14.2. The topological polar surface area (TPSA) is 55.5 Å². The van der Waals surface area contributed by atoms with Crippen molar-refractivity contribution in [2.45, 2.75) is 31.7 Å². The highest BCUT2D eigenvalue weighted by molar-refractivity contribution is 7.12. The molecule has 3 nitrogen and oxygen atoms in total. The fourth-order valence-electron chi connectivity index (χ4n) is 1.95. The first-order chi connectivity index (χ1) is 11.1. The number of rotatable bonds is 7. The summed E-state index contributed by atoms with van der Waals surface area (Å²) in [5.74, 6) is 7.19. The van der Waals surface area contributed by atoms with Gasteiger partial charge in [-0.25, -0.2) is 0 Å². The van der Waals surface area contributed by atoms with Gasteiger partial charge >= 0.3 is 0 Å². The average molecular weight is 329 g/mol. The Morgan fingerprint density at radius 2 is 2.00 bits per heavy atom. The van der Waals surface area contributed by atoms with Crippen LogP contribution in [0, 0.1) is 11.8 Å². The van der Waals surface area contributed by atoms with Crippen LogP contribution in [0.2, 0.25) is 0 Å². The number of hydrogen-bond acceptors (Lipinski definition) is 4. The summed E-state index contributed by atoms with van der Waals surface area (Å²) >= 11 is 1.69. The molecule has 0 aliphatic carbocycles. The highest BCUT2D eigenvalue weighted by atomic mass is 32.1. The van der Waals surface area contributed by atoms with Crippen LogP contribution in [0.3, 0.4) is 0 Å². The zero-order chi connectivity index (χ0) is 16.5. The minimum Gasteiger partial charge on any atom is -0.493 e. The molecule has 0 amide bonds. The number of aliphatic hydroxyl groups is 1. The Hall–Kier alpha value is -1.80. The average Bonchev–Trinajstić information content (AvgIpc) is 3.02. The second-order valence-corrected chi connectivity index (χ2v) is 6.96. The van der Waals surface area contributed by atoms with Crippen LogP contribution in [-0.4, -0.2) is 23.9 Å². The van der Waals surface area contributed by atoms with Crippen LogP contribution in [0.4, 0.5) is 0 Å². The van der Waals surface area contributed by atoms with E-state index in [0.29, 0.717) is 13.0 Å². The maximum absolute atomic E-state index is 9.17. The van der Waals surface area contributed by atoms with Gasteiger partial charge in [-0.05, 0) is 44.0 Å². The van der Waals surface area contributed by atoms with E-state index in [0.717, 1.165) is 23.5 Å². The second-order valence-electron chi connectivity index (χ2n) is 5.79. The first-order valence-electron chi connectivity index (χ1n) is 7.74. The lowest BCUT2D eigenvalue weighted by Crippen LogP contribution is -2.40. The van der Waals surface area contributed by atoms with Gasteiger partial charge < -0.3 is 15.6 Å².